The fraction of sp³-hybridized carbons (Fsp3) is 0.391. The molecule has 2 aliphatic heterocycles. The summed E-state index contributed by atoms with van der Waals surface area (Å²) in [5.74, 6) is -0.00927. The molecule has 1 amide bonds. The van der Waals surface area contributed by atoms with Crippen molar-refractivity contribution in [2.75, 3.05) is 38.3 Å². The number of benzene rings is 1. The molecule has 0 N–H and O–H groups in total. The van der Waals surface area contributed by atoms with Crippen molar-refractivity contribution in [3.8, 4) is 0 Å². The second-order valence-corrected chi connectivity index (χ2v) is 8.56. The van der Waals surface area contributed by atoms with Gasteiger partial charge in [-0.1, -0.05) is 0 Å². The first-order valence-corrected chi connectivity index (χ1v) is 11.2. The molecule has 0 atom stereocenters. The zero-order chi connectivity index (χ0) is 21.3. The van der Waals surface area contributed by atoms with Crippen LogP contribution in [0.5, 0.6) is 0 Å². The largest absolute Gasteiger partial charge is 0.378 e. The predicted octanol–water partition coefficient (Wildman–Crippen LogP) is 4.20. The highest BCUT2D eigenvalue weighted by molar-refractivity contribution is 8.18. The van der Waals surface area contributed by atoms with Gasteiger partial charge in [0.25, 0.3) is 5.91 Å². The lowest BCUT2D eigenvalue weighted by molar-refractivity contribution is -0.121. The molecule has 1 aromatic carbocycles. The quantitative estimate of drug-likeness (QED) is 0.691. The molecule has 2 saturated heterocycles. The monoisotopic (exact) mass is 424 g/mol. The highest BCUT2D eigenvalue weighted by Crippen LogP contribution is 2.34. The number of aromatic nitrogens is 1. The molecular weight excluding hydrogens is 396 g/mol. The van der Waals surface area contributed by atoms with Gasteiger partial charge in [-0.05, 0) is 74.5 Å². The van der Waals surface area contributed by atoms with Crippen LogP contribution in [-0.2, 0) is 16.1 Å². The number of likely N-dealkylation sites (N-methyl/N-ethyl adjacent to an activating group) is 1. The number of ether oxygens (including phenoxy) is 1. The zero-order valence-corrected chi connectivity index (χ0v) is 18.8. The molecule has 6 nitrogen and oxygen atoms in total. The van der Waals surface area contributed by atoms with Crippen molar-refractivity contribution in [1.82, 2.24) is 9.47 Å². The lowest BCUT2D eigenvalue weighted by atomic mass is 10.2. The summed E-state index contributed by atoms with van der Waals surface area (Å²) in [5.41, 5.74) is 5.51. The van der Waals surface area contributed by atoms with Gasteiger partial charge in [0.05, 0.1) is 23.8 Å². The van der Waals surface area contributed by atoms with Crippen LogP contribution < -0.4 is 4.90 Å². The van der Waals surface area contributed by atoms with Crippen molar-refractivity contribution in [3.05, 3.63) is 52.2 Å². The highest BCUT2D eigenvalue weighted by atomic mass is 32.2. The van der Waals surface area contributed by atoms with Gasteiger partial charge < -0.3 is 14.2 Å². The van der Waals surface area contributed by atoms with Crippen molar-refractivity contribution in [1.29, 1.82) is 0 Å². The van der Waals surface area contributed by atoms with Crippen LogP contribution in [0.1, 0.15) is 23.9 Å². The lowest BCUT2D eigenvalue weighted by Gasteiger charge is -2.28. The van der Waals surface area contributed by atoms with Gasteiger partial charge in [0, 0.05) is 43.8 Å². The van der Waals surface area contributed by atoms with Gasteiger partial charge in [0.2, 0.25) is 0 Å². The molecule has 0 spiro atoms. The number of aryl methyl sites for hydroxylation is 1. The van der Waals surface area contributed by atoms with E-state index in [4.69, 9.17) is 9.73 Å². The van der Waals surface area contributed by atoms with Gasteiger partial charge in [-0.3, -0.25) is 9.69 Å². The summed E-state index contributed by atoms with van der Waals surface area (Å²) in [6.45, 7) is 10.6. The Balaban J connectivity index is 1.54. The Hall–Kier alpha value is -2.51. The molecule has 2 aromatic rings. The van der Waals surface area contributed by atoms with Crippen molar-refractivity contribution in [3.63, 3.8) is 0 Å². The van der Waals surface area contributed by atoms with Crippen LogP contribution in [0, 0.1) is 13.8 Å². The Bertz CT molecular complexity index is 1000. The van der Waals surface area contributed by atoms with Crippen molar-refractivity contribution >= 4 is 40.3 Å². The number of anilines is 1. The van der Waals surface area contributed by atoms with E-state index in [0.29, 0.717) is 10.1 Å². The molecule has 0 radical (unpaired) electrons. The van der Waals surface area contributed by atoms with Crippen LogP contribution >= 0.6 is 11.8 Å². The van der Waals surface area contributed by atoms with E-state index in [-0.39, 0.29) is 5.91 Å². The van der Waals surface area contributed by atoms with Gasteiger partial charge in [0.15, 0.2) is 5.17 Å². The van der Waals surface area contributed by atoms with E-state index < -0.39 is 0 Å². The minimum atomic E-state index is -0.00927. The highest BCUT2D eigenvalue weighted by Gasteiger charge is 2.30. The van der Waals surface area contributed by atoms with Crippen LogP contribution in [0.25, 0.3) is 6.08 Å². The average molecular weight is 425 g/mol. The van der Waals surface area contributed by atoms with Crippen LogP contribution in [0.15, 0.2) is 40.2 Å². The summed E-state index contributed by atoms with van der Waals surface area (Å²) in [6, 6.07) is 10.3. The Morgan fingerprint density at radius 3 is 2.50 bits per heavy atom. The molecular formula is C23H28N4O2S. The summed E-state index contributed by atoms with van der Waals surface area (Å²) < 4.78 is 7.67. The Kier molecular flexibility index (Phi) is 6.01. The predicted molar refractivity (Wildman–Crippen MR) is 124 cm³/mol. The van der Waals surface area contributed by atoms with E-state index in [2.05, 4.69) is 48.4 Å². The summed E-state index contributed by atoms with van der Waals surface area (Å²) in [4.78, 5) is 22.1. The number of hydrogen-bond donors (Lipinski definition) is 0. The summed E-state index contributed by atoms with van der Waals surface area (Å²) in [5, 5.41) is 0.703. The van der Waals surface area contributed by atoms with Crippen LogP contribution in [0.2, 0.25) is 0 Å². The summed E-state index contributed by atoms with van der Waals surface area (Å²) in [7, 11) is 1.78. The number of nitrogens with zero attached hydrogens (tertiary/aromatic N) is 4. The van der Waals surface area contributed by atoms with Crippen LogP contribution in [0.3, 0.4) is 0 Å². The third kappa shape index (κ3) is 4.04. The normalized spacial score (nSPS) is 20.1. The van der Waals surface area contributed by atoms with Crippen molar-refractivity contribution in [2.45, 2.75) is 27.3 Å². The van der Waals surface area contributed by atoms with Crippen molar-refractivity contribution < 1.29 is 9.53 Å². The minimum Gasteiger partial charge on any atom is -0.378 e. The number of morpholine rings is 1. The van der Waals surface area contributed by atoms with Gasteiger partial charge in [-0.15, -0.1) is 0 Å². The molecule has 2 fully saturated rings. The van der Waals surface area contributed by atoms with E-state index >= 15 is 0 Å². The van der Waals surface area contributed by atoms with E-state index in [1.807, 2.05) is 18.2 Å². The fourth-order valence-electron chi connectivity index (χ4n) is 3.92. The summed E-state index contributed by atoms with van der Waals surface area (Å²) >= 11 is 1.43. The maximum absolute atomic E-state index is 12.8. The third-order valence-corrected chi connectivity index (χ3v) is 6.73. The molecule has 1 aromatic heterocycles. The van der Waals surface area contributed by atoms with Gasteiger partial charge in [-0.2, -0.15) is 0 Å². The molecule has 3 heterocycles. The van der Waals surface area contributed by atoms with Crippen LogP contribution in [-0.4, -0.2) is 53.9 Å². The van der Waals surface area contributed by atoms with E-state index in [1.54, 1.807) is 11.9 Å². The molecule has 0 aliphatic carbocycles. The number of carbonyl (C=O) groups excluding carboxylic acids is 1. The third-order valence-electron chi connectivity index (χ3n) is 5.67. The number of hydrogen-bond acceptors (Lipinski definition) is 5. The standard InChI is InChI=1S/C23H28N4O2S/c1-5-27-16(2)14-18(17(27)3)15-21-22(28)25(4)23(30-21)24-19-6-8-20(9-7-19)26-10-12-29-13-11-26/h6-9,14-15H,5,10-13H2,1-4H3/b21-15-,24-23?. The maximum Gasteiger partial charge on any atom is 0.266 e. The first-order valence-electron chi connectivity index (χ1n) is 10.3. The van der Waals surface area contributed by atoms with Gasteiger partial charge in [0.1, 0.15) is 0 Å². The van der Waals surface area contributed by atoms with Gasteiger partial charge >= 0.3 is 0 Å². The number of amidine groups is 1. The zero-order valence-electron chi connectivity index (χ0n) is 18.0. The number of aliphatic imine (C=N–C) groups is 1. The lowest BCUT2D eigenvalue weighted by Crippen LogP contribution is -2.36. The Morgan fingerprint density at radius 1 is 1.17 bits per heavy atom. The van der Waals surface area contributed by atoms with E-state index in [9.17, 15) is 4.79 Å². The molecule has 7 heteroatoms. The first kappa shape index (κ1) is 20.8. The molecule has 4 rings (SSSR count). The molecule has 158 valence electrons. The van der Waals surface area contributed by atoms with E-state index in [0.717, 1.165) is 44.1 Å². The molecule has 0 bridgehead atoms. The average Bonchev–Trinajstić information content (AvgIpc) is 3.18. The summed E-state index contributed by atoms with van der Waals surface area (Å²) in [6.07, 6.45) is 1.99. The number of amides is 1. The molecule has 0 unspecified atom stereocenters. The number of thioether (sulfide) groups is 1. The first-order chi connectivity index (χ1) is 14.5. The van der Waals surface area contributed by atoms with Crippen molar-refractivity contribution in [2.24, 2.45) is 4.99 Å². The Morgan fingerprint density at radius 2 is 1.87 bits per heavy atom. The Labute approximate surface area is 182 Å². The SMILES string of the molecule is CCn1c(C)cc(/C=C2\SC(=Nc3ccc(N4CCOCC4)cc3)N(C)C2=O)c1C. The minimum absolute atomic E-state index is 0.00927. The number of carbonyl (C=O) groups is 1. The topological polar surface area (TPSA) is 50.1 Å². The molecule has 0 saturated carbocycles. The fourth-order valence-corrected chi connectivity index (χ4v) is 4.90. The van der Waals surface area contributed by atoms with Crippen LogP contribution in [0.4, 0.5) is 11.4 Å². The van der Waals surface area contributed by atoms with E-state index in [1.165, 1.54) is 28.8 Å². The molecule has 30 heavy (non-hydrogen) atoms. The number of rotatable bonds is 4. The molecule has 2 aliphatic rings. The smallest absolute Gasteiger partial charge is 0.266 e. The second-order valence-electron chi connectivity index (χ2n) is 7.56. The van der Waals surface area contributed by atoms with Gasteiger partial charge in [-0.25, -0.2) is 4.99 Å². The second kappa shape index (κ2) is 8.70. The maximum atomic E-state index is 12.8.